The Morgan fingerprint density at radius 1 is 1.00 bits per heavy atom. The zero-order chi connectivity index (χ0) is 13.9. The molecule has 0 saturated carbocycles. The van der Waals surface area contributed by atoms with Crippen molar-refractivity contribution in [2.75, 3.05) is 11.5 Å². The van der Waals surface area contributed by atoms with Crippen LogP contribution in [0.1, 0.15) is 5.82 Å². The van der Waals surface area contributed by atoms with Gasteiger partial charge >= 0.3 is 0 Å². The summed E-state index contributed by atoms with van der Waals surface area (Å²) in [6.45, 7) is 0. The molecule has 3 rings (SSSR count). The summed E-state index contributed by atoms with van der Waals surface area (Å²) in [6, 6.07) is 11.4. The number of nitrogens with zero attached hydrogens (tertiary/aromatic N) is 3. The molecule has 0 fully saturated rings. The number of pyridine rings is 1. The molecule has 3 aromatic rings. The average Bonchev–Trinajstić information content (AvgIpc) is 2.47. The second-order valence-corrected chi connectivity index (χ2v) is 5.30. The third-order valence-electron chi connectivity index (χ3n) is 2.81. The van der Waals surface area contributed by atoms with Crippen LogP contribution in [0.3, 0.4) is 0 Å². The maximum Gasteiger partial charge on any atom is 0.141 e. The summed E-state index contributed by atoms with van der Waals surface area (Å²) >= 11 is 1.60. The van der Waals surface area contributed by atoms with Gasteiger partial charge in [0.05, 0.1) is 11.3 Å². The van der Waals surface area contributed by atoms with Gasteiger partial charge in [-0.3, -0.25) is 0 Å². The first-order valence-corrected chi connectivity index (χ1v) is 7.06. The van der Waals surface area contributed by atoms with Crippen LogP contribution in [-0.4, -0.2) is 15.0 Å². The van der Waals surface area contributed by atoms with Crippen LogP contribution in [-0.2, 0) is 5.75 Å². The lowest BCUT2D eigenvalue weighted by Gasteiger charge is -2.05. The van der Waals surface area contributed by atoms with Gasteiger partial charge in [-0.2, -0.15) is 0 Å². The summed E-state index contributed by atoms with van der Waals surface area (Å²) < 4.78 is 0. The number of para-hydroxylation sites is 1. The van der Waals surface area contributed by atoms with Crippen LogP contribution in [0, 0.1) is 0 Å². The highest BCUT2D eigenvalue weighted by atomic mass is 32.2. The van der Waals surface area contributed by atoms with Crippen molar-refractivity contribution >= 4 is 34.3 Å². The average molecular weight is 283 g/mol. The van der Waals surface area contributed by atoms with E-state index in [2.05, 4.69) is 15.0 Å². The van der Waals surface area contributed by atoms with Gasteiger partial charge in [0.25, 0.3) is 0 Å². The third kappa shape index (κ3) is 2.65. The largest absolute Gasteiger partial charge is 0.384 e. The lowest BCUT2D eigenvalue weighted by Crippen LogP contribution is -1.99. The molecule has 2 aromatic heterocycles. The number of nitrogens with two attached hydrogens (primary N) is 2. The topological polar surface area (TPSA) is 90.7 Å². The molecule has 0 amide bonds. The summed E-state index contributed by atoms with van der Waals surface area (Å²) in [7, 11) is 0. The molecule has 0 aliphatic rings. The first-order chi connectivity index (χ1) is 9.72. The van der Waals surface area contributed by atoms with Gasteiger partial charge in [0.2, 0.25) is 0 Å². The molecule has 100 valence electrons. The molecule has 6 heteroatoms. The Kier molecular flexibility index (Phi) is 3.39. The Morgan fingerprint density at radius 3 is 2.65 bits per heavy atom. The monoisotopic (exact) mass is 283 g/mol. The highest BCUT2D eigenvalue weighted by Crippen LogP contribution is 2.23. The number of fused-ring (bicyclic) bond motifs is 1. The van der Waals surface area contributed by atoms with E-state index in [1.54, 1.807) is 24.0 Å². The Bertz CT molecular complexity index is 742. The van der Waals surface area contributed by atoms with Crippen LogP contribution in [0.5, 0.6) is 0 Å². The predicted octanol–water partition coefficient (Wildman–Crippen LogP) is 2.48. The fourth-order valence-corrected chi connectivity index (χ4v) is 2.56. The third-order valence-corrected chi connectivity index (χ3v) is 3.78. The molecule has 0 atom stereocenters. The minimum absolute atomic E-state index is 0.514. The number of nitrogen functional groups attached to an aromatic ring is 2. The SMILES string of the molecule is Nc1ccc(SCc2nc(N)c3ccccc3n2)cn1. The van der Waals surface area contributed by atoms with Gasteiger partial charge < -0.3 is 11.5 Å². The number of aromatic nitrogens is 3. The molecule has 0 spiro atoms. The first kappa shape index (κ1) is 12.7. The smallest absolute Gasteiger partial charge is 0.141 e. The number of rotatable bonds is 3. The lowest BCUT2D eigenvalue weighted by atomic mass is 10.2. The van der Waals surface area contributed by atoms with Crippen molar-refractivity contribution in [2.45, 2.75) is 10.6 Å². The number of hydrogen-bond donors (Lipinski definition) is 2. The van der Waals surface area contributed by atoms with Crippen LogP contribution in [0.2, 0.25) is 0 Å². The maximum absolute atomic E-state index is 5.96. The quantitative estimate of drug-likeness (QED) is 0.718. The van der Waals surface area contributed by atoms with Crippen molar-refractivity contribution in [3.63, 3.8) is 0 Å². The van der Waals surface area contributed by atoms with E-state index in [9.17, 15) is 0 Å². The predicted molar refractivity (Wildman–Crippen MR) is 82.2 cm³/mol. The van der Waals surface area contributed by atoms with Gasteiger partial charge in [-0.15, -0.1) is 11.8 Å². The molecule has 0 aliphatic carbocycles. The Balaban J connectivity index is 1.82. The van der Waals surface area contributed by atoms with Crippen molar-refractivity contribution in [1.29, 1.82) is 0 Å². The van der Waals surface area contributed by atoms with Gasteiger partial charge in [-0.05, 0) is 24.3 Å². The standard InChI is InChI=1S/C14H13N5S/c15-12-6-5-9(7-17-12)20-8-13-18-11-4-2-1-3-10(11)14(16)19-13/h1-7H,8H2,(H2,15,17)(H2,16,18,19). The normalized spacial score (nSPS) is 10.8. The Morgan fingerprint density at radius 2 is 1.85 bits per heavy atom. The molecule has 0 radical (unpaired) electrons. The molecule has 0 saturated heterocycles. The van der Waals surface area contributed by atoms with Crippen LogP contribution < -0.4 is 11.5 Å². The van der Waals surface area contributed by atoms with E-state index in [1.165, 1.54) is 0 Å². The molecule has 0 unspecified atom stereocenters. The van der Waals surface area contributed by atoms with E-state index in [1.807, 2.05) is 30.3 Å². The Hall–Kier alpha value is -2.34. The number of benzene rings is 1. The maximum atomic E-state index is 5.96. The zero-order valence-corrected chi connectivity index (χ0v) is 11.5. The molecular weight excluding hydrogens is 270 g/mol. The van der Waals surface area contributed by atoms with Crippen LogP contribution >= 0.6 is 11.8 Å². The van der Waals surface area contributed by atoms with E-state index in [0.717, 1.165) is 15.8 Å². The van der Waals surface area contributed by atoms with Crippen molar-refractivity contribution in [1.82, 2.24) is 15.0 Å². The van der Waals surface area contributed by atoms with E-state index < -0.39 is 0 Å². The number of thioether (sulfide) groups is 1. The molecule has 0 aliphatic heterocycles. The fraction of sp³-hybridized carbons (Fsp3) is 0.0714. The van der Waals surface area contributed by atoms with Crippen LogP contribution in [0.15, 0.2) is 47.5 Å². The summed E-state index contributed by atoms with van der Waals surface area (Å²) in [4.78, 5) is 13.9. The molecule has 2 heterocycles. The molecular formula is C14H13N5S. The Labute approximate surface area is 120 Å². The van der Waals surface area contributed by atoms with Crippen LogP contribution in [0.25, 0.3) is 10.9 Å². The van der Waals surface area contributed by atoms with Gasteiger partial charge in [0, 0.05) is 16.5 Å². The minimum atomic E-state index is 0.514. The van der Waals surface area contributed by atoms with Crippen molar-refractivity contribution < 1.29 is 0 Å². The van der Waals surface area contributed by atoms with E-state index in [4.69, 9.17) is 11.5 Å². The first-order valence-electron chi connectivity index (χ1n) is 6.08. The zero-order valence-electron chi connectivity index (χ0n) is 10.7. The van der Waals surface area contributed by atoms with Gasteiger partial charge in [0.15, 0.2) is 0 Å². The molecule has 0 bridgehead atoms. The van der Waals surface area contributed by atoms with Gasteiger partial charge in [-0.1, -0.05) is 12.1 Å². The molecule has 5 nitrogen and oxygen atoms in total. The van der Waals surface area contributed by atoms with Crippen molar-refractivity contribution in [2.24, 2.45) is 0 Å². The van der Waals surface area contributed by atoms with E-state index in [-0.39, 0.29) is 0 Å². The van der Waals surface area contributed by atoms with E-state index >= 15 is 0 Å². The number of anilines is 2. The molecule has 1 aromatic carbocycles. The summed E-state index contributed by atoms with van der Waals surface area (Å²) in [5.41, 5.74) is 12.4. The summed E-state index contributed by atoms with van der Waals surface area (Å²) in [6.07, 6.45) is 1.74. The second-order valence-electron chi connectivity index (χ2n) is 4.25. The molecule has 4 N–H and O–H groups in total. The molecule has 20 heavy (non-hydrogen) atoms. The number of hydrogen-bond acceptors (Lipinski definition) is 6. The summed E-state index contributed by atoms with van der Waals surface area (Å²) in [5, 5.41) is 0.885. The fourth-order valence-electron chi connectivity index (χ4n) is 1.84. The summed E-state index contributed by atoms with van der Waals surface area (Å²) in [5.74, 6) is 2.38. The highest BCUT2D eigenvalue weighted by molar-refractivity contribution is 7.98. The van der Waals surface area contributed by atoms with Crippen molar-refractivity contribution in [3.8, 4) is 0 Å². The lowest BCUT2D eigenvalue weighted by molar-refractivity contribution is 1.07. The minimum Gasteiger partial charge on any atom is -0.384 e. The van der Waals surface area contributed by atoms with E-state index in [0.29, 0.717) is 23.2 Å². The van der Waals surface area contributed by atoms with Crippen LogP contribution in [0.4, 0.5) is 11.6 Å². The van der Waals surface area contributed by atoms with Crippen molar-refractivity contribution in [3.05, 3.63) is 48.4 Å². The van der Waals surface area contributed by atoms with Gasteiger partial charge in [-0.25, -0.2) is 15.0 Å². The highest BCUT2D eigenvalue weighted by Gasteiger charge is 2.05. The van der Waals surface area contributed by atoms with Gasteiger partial charge in [0.1, 0.15) is 17.5 Å². The second kappa shape index (κ2) is 5.34.